The Bertz CT molecular complexity index is 630. The summed E-state index contributed by atoms with van der Waals surface area (Å²) in [6.07, 6.45) is 0. The molecular formula is C16H16FNO3. The topological polar surface area (TPSA) is 49.8 Å². The SMILES string of the molecule is CN(CCOc1cccc(C(=O)O)c1)c1cccc(F)c1. The molecule has 5 heteroatoms. The van der Waals surface area contributed by atoms with Gasteiger partial charge in [0.05, 0.1) is 12.1 Å². The van der Waals surface area contributed by atoms with Gasteiger partial charge in [0.15, 0.2) is 0 Å². The zero-order valence-electron chi connectivity index (χ0n) is 11.6. The highest BCUT2D eigenvalue weighted by molar-refractivity contribution is 5.87. The van der Waals surface area contributed by atoms with E-state index in [1.807, 2.05) is 18.0 Å². The fourth-order valence-corrected chi connectivity index (χ4v) is 1.86. The number of likely N-dealkylation sites (N-methyl/N-ethyl adjacent to an activating group) is 1. The molecule has 110 valence electrons. The monoisotopic (exact) mass is 289 g/mol. The highest BCUT2D eigenvalue weighted by atomic mass is 19.1. The van der Waals surface area contributed by atoms with Gasteiger partial charge < -0.3 is 14.7 Å². The van der Waals surface area contributed by atoms with Crippen molar-refractivity contribution in [3.8, 4) is 5.75 Å². The van der Waals surface area contributed by atoms with Crippen molar-refractivity contribution in [3.05, 3.63) is 59.9 Å². The van der Waals surface area contributed by atoms with Gasteiger partial charge in [0.2, 0.25) is 0 Å². The minimum Gasteiger partial charge on any atom is -0.492 e. The Kier molecular flexibility index (Phi) is 4.77. The minimum atomic E-state index is -0.989. The second kappa shape index (κ2) is 6.74. The fourth-order valence-electron chi connectivity index (χ4n) is 1.86. The first-order valence-corrected chi connectivity index (χ1v) is 6.49. The van der Waals surface area contributed by atoms with Crippen LogP contribution < -0.4 is 9.64 Å². The van der Waals surface area contributed by atoms with Gasteiger partial charge in [0.25, 0.3) is 0 Å². The normalized spacial score (nSPS) is 10.2. The molecule has 0 saturated carbocycles. The average Bonchev–Trinajstić information content (AvgIpc) is 2.47. The number of hydrogen-bond donors (Lipinski definition) is 1. The number of hydrogen-bond acceptors (Lipinski definition) is 3. The number of carboxylic acid groups (broad SMARTS) is 1. The van der Waals surface area contributed by atoms with Gasteiger partial charge in [-0.25, -0.2) is 9.18 Å². The van der Waals surface area contributed by atoms with Crippen molar-refractivity contribution in [2.45, 2.75) is 0 Å². The van der Waals surface area contributed by atoms with Crippen LogP contribution in [0.4, 0.5) is 10.1 Å². The number of halogens is 1. The predicted molar refractivity (Wildman–Crippen MR) is 78.6 cm³/mol. The van der Waals surface area contributed by atoms with Crippen molar-refractivity contribution in [1.29, 1.82) is 0 Å². The molecule has 0 aliphatic rings. The number of carboxylic acids is 1. The third-order valence-corrected chi connectivity index (χ3v) is 3.03. The summed E-state index contributed by atoms with van der Waals surface area (Å²) in [7, 11) is 1.84. The molecule has 0 aliphatic heterocycles. The van der Waals surface area contributed by atoms with Crippen molar-refractivity contribution in [3.63, 3.8) is 0 Å². The summed E-state index contributed by atoms with van der Waals surface area (Å²) in [6, 6.07) is 12.6. The van der Waals surface area contributed by atoms with Gasteiger partial charge in [-0.2, -0.15) is 0 Å². The summed E-state index contributed by atoms with van der Waals surface area (Å²) >= 11 is 0. The Balaban J connectivity index is 1.89. The zero-order valence-corrected chi connectivity index (χ0v) is 11.6. The van der Waals surface area contributed by atoms with E-state index >= 15 is 0 Å². The minimum absolute atomic E-state index is 0.186. The van der Waals surface area contributed by atoms with Gasteiger partial charge in [0, 0.05) is 12.7 Å². The number of ether oxygens (including phenoxy) is 1. The van der Waals surface area contributed by atoms with Crippen LogP contribution >= 0.6 is 0 Å². The molecule has 0 bridgehead atoms. The van der Waals surface area contributed by atoms with E-state index in [0.717, 1.165) is 5.69 Å². The van der Waals surface area contributed by atoms with Crippen LogP contribution in [0.5, 0.6) is 5.75 Å². The number of rotatable bonds is 6. The molecule has 0 amide bonds. The van der Waals surface area contributed by atoms with Crippen LogP contribution in [-0.4, -0.2) is 31.3 Å². The Morgan fingerprint density at radius 3 is 2.71 bits per heavy atom. The molecule has 0 aliphatic carbocycles. The molecule has 0 aromatic heterocycles. The van der Waals surface area contributed by atoms with Crippen LogP contribution in [0.25, 0.3) is 0 Å². The van der Waals surface area contributed by atoms with Crippen LogP contribution in [0.1, 0.15) is 10.4 Å². The maximum atomic E-state index is 13.1. The van der Waals surface area contributed by atoms with E-state index in [-0.39, 0.29) is 11.4 Å². The van der Waals surface area contributed by atoms with E-state index in [1.54, 1.807) is 18.2 Å². The summed E-state index contributed by atoms with van der Waals surface area (Å²) in [5.41, 5.74) is 0.948. The van der Waals surface area contributed by atoms with Crippen molar-refractivity contribution in [2.75, 3.05) is 25.1 Å². The maximum Gasteiger partial charge on any atom is 0.335 e. The molecule has 0 fully saturated rings. The Labute approximate surface area is 122 Å². The first-order chi connectivity index (χ1) is 10.1. The van der Waals surface area contributed by atoms with E-state index in [9.17, 15) is 9.18 Å². The standard InChI is InChI=1S/C16H16FNO3/c1-18(14-6-3-5-13(17)11-14)8-9-21-15-7-2-4-12(10-15)16(19)20/h2-7,10-11H,8-9H2,1H3,(H,19,20). The van der Waals surface area contributed by atoms with E-state index in [4.69, 9.17) is 9.84 Å². The molecular weight excluding hydrogens is 273 g/mol. The van der Waals surface area contributed by atoms with Crippen molar-refractivity contribution >= 4 is 11.7 Å². The van der Waals surface area contributed by atoms with E-state index in [0.29, 0.717) is 18.9 Å². The number of anilines is 1. The summed E-state index contributed by atoms with van der Waals surface area (Å²) in [6.45, 7) is 0.927. The second-order valence-electron chi connectivity index (χ2n) is 4.58. The lowest BCUT2D eigenvalue weighted by Gasteiger charge is -2.19. The summed E-state index contributed by atoms with van der Waals surface area (Å²) in [5.74, 6) is -0.769. The molecule has 0 heterocycles. The third kappa shape index (κ3) is 4.21. The van der Waals surface area contributed by atoms with Gasteiger partial charge in [-0.05, 0) is 36.4 Å². The molecule has 0 radical (unpaired) electrons. The summed E-state index contributed by atoms with van der Waals surface area (Å²) in [4.78, 5) is 12.7. The quantitative estimate of drug-likeness (QED) is 0.888. The second-order valence-corrected chi connectivity index (χ2v) is 4.58. The highest BCUT2D eigenvalue weighted by Gasteiger charge is 2.05. The van der Waals surface area contributed by atoms with Crippen LogP contribution in [0.3, 0.4) is 0 Å². The zero-order chi connectivity index (χ0) is 15.2. The van der Waals surface area contributed by atoms with Crippen LogP contribution in [0, 0.1) is 5.82 Å². The molecule has 2 aromatic rings. The van der Waals surface area contributed by atoms with Gasteiger partial charge in [-0.15, -0.1) is 0 Å². The molecule has 21 heavy (non-hydrogen) atoms. The Morgan fingerprint density at radius 2 is 2.00 bits per heavy atom. The van der Waals surface area contributed by atoms with Crippen molar-refractivity contribution in [1.82, 2.24) is 0 Å². The number of aromatic carboxylic acids is 1. The van der Waals surface area contributed by atoms with E-state index < -0.39 is 5.97 Å². The molecule has 2 rings (SSSR count). The lowest BCUT2D eigenvalue weighted by atomic mass is 10.2. The predicted octanol–water partition coefficient (Wildman–Crippen LogP) is 3.04. The van der Waals surface area contributed by atoms with Crippen LogP contribution in [0.2, 0.25) is 0 Å². The van der Waals surface area contributed by atoms with Gasteiger partial charge >= 0.3 is 5.97 Å². The highest BCUT2D eigenvalue weighted by Crippen LogP contribution is 2.15. The Morgan fingerprint density at radius 1 is 1.24 bits per heavy atom. The van der Waals surface area contributed by atoms with Gasteiger partial charge in [-0.1, -0.05) is 12.1 Å². The fraction of sp³-hybridized carbons (Fsp3) is 0.188. The molecule has 2 aromatic carbocycles. The maximum absolute atomic E-state index is 13.1. The molecule has 4 nitrogen and oxygen atoms in total. The molecule has 0 unspecified atom stereocenters. The first-order valence-electron chi connectivity index (χ1n) is 6.49. The van der Waals surface area contributed by atoms with Gasteiger partial charge in [0.1, 0.15) is 18.2 Å². The van der Waals surface area contributed by atoms with Gasteiger partial charge in [-0.3, -0.25) is 0 Å². The number of benzene rings is 2. The van der Waals surface area contributed by atoms with Crippen molar-refractivity contribution < 1.29 is 19.0 Å². The largest absolute Gasteiger partial charge is 0.492 e. The lowest BCUT2D eigenvalue weighted by Crippen LogP contribution is -2.23. The van der Waals surface area contributed by atoms with E-state index in [2.05, 4.69) is 0 Å². The summed E-state index contributed by atoms with van der Waals surface area (Å²) in [5, 5.41) is 8.90. The Hall–Kier alpha value is -2.56. The molecule has 0 saturated heterocycles. The number of nitrogens with zero attached hydrogens (tertiary/aromatic N) is 1. The molecule has 0 atom stereocenters. The third-order valence-electron chi connectivity index (χ3n) is 3.03. The van der Waals surface area contributed by atoms with E-state index in [1.165, 1.54) is 24.3 Å². The lowest BCUT2D eigenvalue weighted by molar-refractivity contribution is 0.0696. The summed E-state index contributed by atoms with van der Waals surface area (Å²) < 4.78 is 18.6. The van der Waals surface area contributed by atoms with Crippen LogP contribution in [-0.2, 0) is 0 Å². The van der Waals surface area contributed by atoms with Crippen LogP contribution in [0.15, 0.2) is 48.5 Å². The average molecular weight is 289 g/mol. The molecule has 1 N–H and O–H groups in total. The smallest absolute Gasteiger partial charge is 0.335 e. The first kappa shape index (κ1) is 14.8. The molecule has 0 spiro atoms. The number of carbonyl (C=O) groups is 1. The van der Waals surface area contributed by atoms with Crippen molar-refractivity contribution in [2.24, 2.45) is 0 Å².